The largest absolute Gasteiger partial charge is 0.292 e. The molecule has 2 aromatic carbocycles. The fourth-order valence-electron chi connectivity index (χ4n) is 2.60. The number of nitrogens with one attached hydrogen (secondary N) is 1. The third-order valence-corrected chi connectivity index (χ3v) is 4.85. The molecule has 3 aromatic rings. The number of fused-ring (bicyclic) bond motifs is 2. The van der Waals surface area contributed by atoms with Gasteiger partial charge in [-0.25, -0.2) is 4.98 Å². The number of amidine groups is 1. The zero-order valence-corrected chi connectivity index (χ0v) is 13.3. The van der Waals surface area contributed by atoms with Crippen molar-refractivity contribution >= 4 is 50.3 Å². The van der Waals surface area contributed by atoms with E-state index < -0.39 is 0 Å². The number of carbonyl (C=O) groups is 1. The van der Waals surface area contributed by atoms with Crippen LogP contribution in [-0.2, 0) is 4.79 Å². The van der Waals surface area contributed by atoms with Gasteiger partial charge in [0.15, 0.2) is 5.17 Å². The van der Waals surface area contributed by atoms with Gasteiger partial charge in [0.2, 0.25) is 5.91 Å². The molecule has 1 N–H and O–H groups in total. The number of benzene rings is 2. The minimum atomic E-state index is 0.0694. The first-order valence-corrected chi connectivity index (χ1v) is 8.23. The highest BCUT2D eigenvalue weighted by molar-refractivity contribution is 8.15. The minimum Gasteiger partial charge on any atom is -0.292 e. The Hall–Kier alpha value is -2.60. The van der Waals surface area contributed by atoms with Crippen molar-refractivity contribution in [3.8, 4) is 0 Å². The summed E-state index contributed by atoms with van der Waals surface area (Å²) in [6.45, 7) is 0. The Morgan fingerprint density at radius 2 is 1.70 bits per heavy atom. The van der Waals surface area contributed by atoms with Gasteiger partial charge in [0.05, 0.1) is 22.5 Å². The van der Waals surface area contributed by atoms with Crippen molar-refractivity contribution in [2.75, 3.05) is 18.2 Å². The maximum absolute atomic E-state index is 11.6. The van der Waals surface area contributed by atoms with E-state index in [1.807, 2.05) is 48.5 Å². The number of hydrogen-bond donors (Lipinski definition) is 1. The number of amides is 1. The molecule has 0 spiro atoms. The van der Waals surface area contributed by atoms with Crippen molar-refractivity contribution in [1.82, 2.24) is 9.88 Å². The third-order valence-electron chi connectivity index (χ3n) is 3.84. The van der Waals surface area contributed by atoms with Crippen molar-refractivity contribution in [2.45, 2.75) is 0 Å². The number of para-hydroxylation sites is 2. The van der Waals surface area contributed by atoms with Gasteiger partial charge in [-0.1, -0.05) is 48.2 Å². The molecular formula is C17H14N4OS. The molecule has 114 valence electrons. The van der Waals surface area contributed by atoms with E-state index in [0.717, 1.165) is 27.5 Å². The number of pyridine rings is 1. The maximum atomic E-state index is 11.6. The van der Waals surface area contributed by atoms with Crippen LogP contribution < -0.4 is 5.43 Å². The zero-order chi connectivity index (χ0) is 15.8. The second-order valence-electron chi connectivity index (χ2n) is 5.27. The van der Waals surface area contributed by atoms with E-state index in [2.05, 4.69) is 15.5 Å². The number of anilines is 1. The van der Waals surface area contributed by atoms with Crippen molar-refractivity contribution in [1.29, 1.82) is 0 Å². The zero-order valence-electron chi connectivity index (χ0n) is 12.5. The molecule has 1 aliphatic rings. The Bertz CT molecular complexity index is 900. The number of rotatable bonds is 2. The highest BCUT2D eigenvalue weighted by atomic mass is 32.2. The van der Waals surface area contributed by atoms with Gasteiger partial charge in [0, 0.05) is 17.8 Å². The smallest absolute Gasteiger partial charge is 0.238 e. The second-order valence-corrected chi connectivity index (χ2v) is 6.21. The predicted octanol–water partition coefficient (Wildman–Crippen LogP) is 3.28. The molecule has 4 rings (SSSR count). The van der Waals surface area contributed by atoms with E-state index in [1.54, 1.807) is 11.9 Å². The first kappa shape index (κ1) is 14.0. The molecule has 1 aliphatic heterocycles. The third kappa shape index (κ3) is 2.41. The van der Waals surface area contributed by atoms with Crippen molar-refractivity contribution in [3.63, 3.8) is 0 Å². The summed E-state index contributed by atoms with van der Waals surface area (Å²) in [5.74, 6) is 0.509. The molecule has 23 heavy (non-hydrogen) atoms. The Kier molecular flexibility index (Phi) is 3.38. The molecule has 0 atom stereocenters. The number of carbonyl (C=O) groups excluding carboxylic acids is 1. The number of hydrazone groups is 1. The standard InChI is InChI=1S/C17H14N4OS/c1-21-15(22)10-23-17(21)20-19-16-11-6-2-4-8-13(11)18-14-9-5-3-7-12(14)16/h2-9H,10H2,1H3,(H,18,19)/b20-17-. The number of thioether (sulfide) groups is 1. The van der Waals surface area contributed by atoms with Crippen molar-refractivity contribution < 1.29 is 4.79 Å². The summed E-state index contributed by atoms with van der Waals surface area (Å²) in [4.78, 5) is 17.9. The van der Waals surface area contributed by atoms with E-state index >= 15 is 0 Å². The summed E-state index contributed by atoms with van der Waals surface area (Å²) in [6, 6.07) is 15.9. The molecule has 0 unspecified atom stereocenters. The predicted molar refractivity (Wildman–Crippen MR) is 95.5 cm³/mol. The second kappa shape index (κ2) is 5.55. The van der Waals surface area contributed by atoms with E-state index in [4.69, 9.17) is 0 Å². The van der Waals surface area contributed by atoms with Gasteiger partial charge in [0.25, 0.3) is 0 Å². The molecule has 1 saturated heterocycles. The highest BCUT2D eigenvalue weighted by Crippen LogP contribution is 2.31. The summed E-state index contributed by atoms with van der Waals surface area (Å²) in [5.41, 5.74) is 5.89. The van der Waals surface area contributed by atoms with Crippen LogP contribution in [0.15, 0.2) is 53.6 Å². The summed E-state index contributed by atoms with van der Waals surface area (Å²) in [7, 11) is 1.74. The minimum absolute atomic E-state index is 0.0694. The summed E-state index contributed by atoms with van der Waals surface area (Å²) in [6.07, 6.45) is 0. The fourth-order valence-corrected chi connectivity index (χ4v) is 3.45. The summed E-state index contributed by atoms with van der Waals surface area (Å²) >= 11 is 1.44. The van der Waals surface area contributed by atoms with Gasteiger partial charge in [0.1, 0.15) is 0 Å². The van der Waals surface area contributed by atoms with Crippen LogP contribution in [0.4, 0.5) is 5.69 Å². The lowest BCUT2D eigenvalue weighted by Crippen LogP contribution is -2.24. The summed E-state index contributed by atoms with van der Waals surface area (Å²) in [5, 5.41) is 7.13. The van der Waals surface area contributed by atoms with E-state index in [-0.39, 0.29) is 5.91 Å². The topological polar surface area (TPSA) is 57.6 Å². The first-order valence-electron chi connectivity index (χ1n) is 7.24. The average Bonchev–Trinajstić information content (AvgIpc) is 2.90. The van der Waals surface area contributed by atoms with Crippen LogP contribution in [0.1, 0.15) is 0 Å². The van der Waals surface area contributed by atoms with Crippen LogP contribution >= 0.6 is 11.8 Å². The molecule has 1 amide bonds. The molecule has 5 nitrogen and oxygen atoms in total. The lowest BCUT2D eigenvalue weighted by molar-refractivity contribution is -0.123. The maximum Gasteiger partial charge on any atom is 0.238 e. The quantitative estimate of drug-likeness (QED) is 0.581. The van der Waals surface area contributed by atoms with Crippen molar-refractivity contribution in [2.24, 2.45) is 5.10 Å². The SMILES string of the molecule is CN1C(=O)CS/C1=N\Nc1c2ccccc2nc2ccccc12. The van der Waals surface area contributed by atoms with Gasteiger partial charge in [-0.2, -0.15) is 0 Å². The van der Waals surface area contributed by atoms with E-state index in [9.17, 15) is 4.79 Å². The monoisotopic (exact) mass is 322 g/mol. The molecule has 0 bridgehead atoms. The van der Waals surface area contributed by atoms with Crippen LogP contribution in [0.25, 0.3) is 21.8 Å². The lowest BCUT2D eigenvalue weighted by atomic mass is 10.1. The number of aromatic nitrogens is 1. The van der Waals surface area contributed by atoms with E-state index in [1.165, 1.54) is 11.8 Å². The molecule has 6 heteroatoms. The van der Waals surface area contributed by atoms with Crippen LogP contribution in [0.2, 0.25) is 0 Å². The Labute approximate surface area is 137 Å². The van der Waals surface area contributed by atoms with Crippen LogP contribution in [0.3, 0.4) is 0 Å². The van der Waals surface area contributed by atoms with Crippen LogP contribution in [0, 0.1) is 0 Å². The summed E-state index contributed by atoms with van der Waals surface area (Å²) < 4.78 is 0. The Balaban J connectivity index is 1.86. The number of hydrogen-bond acceptors (Lipinski definition) is 5. The molecule has 0 radical (unpaired) electrons. The lowest BCUT2D eigenvalue weighted by Gasteiger charge is -2.12. The molecule has 1 fully saturated rings. The van der Waals surface area contributed by atoms with Gasteiger partial charge in [-0.05, 0) is 12.1 Å². The molecule has 0 aliphatic carbocycles. The van der Waals surface area contributed by atoms with Crippen LogP contribution in [-0.4, -0.2) is 33.8 Å². The first-order chi connectivity index (χ1) is 11.2. The normalized spacial score (nSPS) is 16.7. The van der Waals surface area contributed by atoms with Crippen molar-refractivity contribution in [3.05, 3.63) is 48.5 Å². The molecular weight excluding hydrogens is 308 g/mol. The average molecular weight is 322 g/mol. The number of nitrogens with zero attached hydrogens (tertiary/aromatic N) is 3. The van der Waals surface area contributed by atoms with Gasteiger partial charge >= 0.3 is 0 Å². The molecule has 1 aromatic heterocycles. The van der Waals surface area contributed by atoms with Crippen LogP contribution in [0.5, 0.6) is 0 Å². The van der Waals surface area contributed by atoms with Gasteiger partial charge < -0.3 is 0 Å². The van der Waals surface area contributed by atoms with Gasteiger partial charge in [-0.3, -0.25) is 15.1 Å². The Morgan fingerprint density at radius 3 is 2.26 bits per heavy atom. The van der Waals surface area contributed by atoms with Gasteiger partial charge in [-0.15, -0.1) is 5.10 Å². The van der Waals surface area contributed by atoms with E-state index in [0.29, 0.717) is 10.9 Å². The fraction of sp³-hybridized carbons (Fsp3) is 0.118. The highest BCUT2D eigenvalue weighted by Gasteiger charge is 2.24. The Morgan fingerprint density at radius 1 is 1.09 bits per heavy atom. The molecule has 0 saturated carbocycles. The molecule has 2 heterocycles.